The Morgan fingerprint density at radius 2 is 2.05 bits per heavy atom. The fourth-order valence-corrected chi connectivity index (χ4v) is 4.74. The van der Waals surface area contributed by atoms with E-state index in [-0.39, 0.29) is 47.5 Å². The number of esters is 1. The number of carboxylic acids is 1. The number of rotatable bonds is 10. The van der Waals surface area contributed by atoms with Crippen LogP contribution in [0.3, 0.4) is 0 Å². The Morgan fingerprint density at radius 1 is 1.34 bits per heavy atom. The Balaban J connectivity index is 1.73. The van der Waals surface area contributed by atoms with Gasteiger partial charge in [0.2, 0.25) is 5.43 Å². The standard InChI is InChI=1S/C25H33FN6O6/c1-32(2,3)13-16(7-21(33)34)38-25(36)18-11-31(15-5-6-15)23-17(22(18)35)8-19(26)24(28-23)30-10-14(9-27)20(12-30)29-37-4/h8,11,14-16H,5-7,9-10,12-13,27H2,1-4H3/b29-20+. The van der Waals surface area contributed by atoms with Crippen molar-refractivity contribution in [3.05, 3.63) is 33.9 Å². The summed E-state index contributed by atoms with van der Waals surface area (Å²) in [4.78, 5) is 48.8. The number of nitrogens with zero attached hydrogens (tertiary/aromatic N) is 5. The second kappa shape index (κ2) is 10.7. The Bertz CT molecular complexity index is 1330. The van der Waals surface area contributed by atoms with Crippen molar-refractivity contribution in [3.63, 3.8) is 0 Å². The average Bonchev–Trinajstić information content (AvgIpc) is 3.58. The second-order valence-corrected chi connectivity index (χ2v) is 10.8. The van der Waals surface area contributed by atoms with Gasteiger partial charge in [0.1, 0.15) is 24.9 Å². The minimum absolute atomic E-state index is 0.0123. The van der Waals surface area contributed by atoms with E-state index in [0.717, 1.165) is 18.9 Å². The van der Waals surface area contributed by atoms with Gasteiger partial charge in [0.15, 0.2) is 17.7 Å². The molecule has 2 fully saturated rings. The molecule has 0 spiro atoms. The van der Waals surface area contributed by atoms with Crippen LogP contribution in [0.15, 0.2) is 22.2 Å². The molecule has 2 aliphatic rings. The number of likely N-dealkylation sites (N-methyl/N-ethyl adjacent to an activating group) is 1. The summed E-state index contributed by atoms with van der Waals surface area (Å²) in [5.74, 6) is -3.15. The molecule has 2 atom stereocenters. The summed E-state index contributed by atoms with van der Waals surface area (Å²) in [6.45, 7) is 1.16. The summed E-state index contributed by atoms with van der Waals surface area (Å²) in [5.41, 5.74) is 5.74. The monoisotopic (exact) mass is 532 g/mol. The molecular weight excluding hydrogens is 499 g/mol. The van der Waals surface area contributed by atoms with Gasteiger partial charge in [-0.25, -0.2) is 14.2 Å². The topological polar surface area (TPSA) is 152 Å². The minimum Gasteiger partial charge on any atom is -0.550 e. The first-order valence-corrected chi connectivity index (χ1v) is 12.4. The number of carboxylic acid groups (broad SMARTS) is 1. The molecule has 1 saturated carbocycles. The van der Waals surface area contributed by atoms with E-state index in [1.807, 2.05) is 21.1 Å². The van der Waals surface area contributed by atoms with Gasteiger partial charge in [-0.05, 0) is 18.9 Å². The third kappa shape index (κ3) is 5.94. The summed E-state index contributed by atoms with van der Waals surface area (Å²) in [7, 11) is 6.88. The van der Waals surface area contributed by atoms with Gasteiger partial charge in [0.25, 0.3) is 0 Å². The number of halogens is 1. The number of aliphatic carboxylic acids is 1. The number of aromatic nitrogens is 2. The SMILES string of the molecule is CO/N=C1\CN(c2nc3c(cc2F)c(=O)c(C(=O)OC(CC(=O)[O-])C[N+](C)(C)C)cn3C2CC2)CC1CN. The number of pyridine rings is 2. The maximum absolute atomic E-state index is 15.4. The maximum Gasteiger partial charge on any atom is 0.344 e. The lowest BCUT2D eigenvalue weighted by Crippen LogP contribution is -2.45. The first kappa shape index (κ1) is 27.5. The molecule has 0 radical (unpaired) electrons. The van der Waals surface area contributed by atoms with E-state index in [4.69, 9.17) is 15.3 Å². The molecular formula is C25H33FN6O6. The van der Waals surface area contributed by atoms with Crippen LogP contribution >= 0.6 is 0 Å². The van der Waals surface area contributed by atoms with Gasteiger partial charge in [-0.15, -0.1) is 0 Å². The van der Waals surface area contributed by atoms with Crippen molar-refractivity contribution in [1.82, 2.24) is 9.55 Å². The Labute approximate surface area is 219 Å². The summed E-state index contributed by atoms with van der Waals surface area (Å²) in [5, 5.41) is 15.2. The van der Waals surface area contributed by atoms with E-state index in [0.29, 0.717) is 23.3 Å². The number of ether oxygens (including phenoxy) is 1. The van der Waals surface area contributed by atoms with Gasteiger partial charge in [0.05, 0.1) is 38.8 Å². The zero-order valence-electron chi connectivity index (χ0n) is 22.0. The van der Waals surface area contributed by atoms with Crippen LogP contribution in [-0.2, 0) is 14.4 Å². The first-order valence-electron chi connectivity index (χ1n) is 12.4. The van der Waals surface area contributed by atoms with Crippen LogP contribution in [0, 0.1) is 11.7 Å². The number of hydrogen-bond acceptors (Lipinski definition) is 10. The summed E-state index contributed by atoms with van der Waals surface area (Å²) >= 11 is 0. The smallest absolute Gasteiger partial charge is 0.344 e. The van der Waals surface area contributed by atoms with Crippen LogP contribution in [0.5, 0.6) is 0 Å². The number of nitrogens with two attached hydrogens (primary N) is 1. The quantitative estimate of drug-likeness (QED) is 0.246. The van der Waals surface area contributed by atoms with Crippen LogP contribution in [0.1, 0.15) is 35.7 Å². The maximum atomic E-state index is 15.4. The van der Waals surface area contributed by atoms with Crippen molar-refractivity contribution >= 4 is 34.5 Å². The Kier molecular flexibility index (Phi) is 7.70. The highest BCUT2D eigenvalue weighted by atomic mass is 19.1. The number of carbonyl (C=O) groups is 2. The van der Waals surface area contributed by atoms with E-state index >= 15 is 4.39 Å². The number of oxime groups is 1. The van der Waals surface area contributed by atoms with Gasteiger partial charge in [-0.1, -0.05) is 5.16 Å². The number of anilines is 1. The van der Waals surface area contributed by atoms with Crippen molar-refractivity contribution in [3.8, 4) is 0 Å². The minimum atomic E-state index is -1.37. The fourth-order valence-electron chi connectivity index (χ4n) is 4.74. The van der Waals surface area contributed by atoms with Crippen LogP contribution in [0.2, 0.25) is 0 Å². The van der Waals surface area contributed by atoms with Gasteiger partial charge in [-0.2, -0.15) is 0 Å². The number of fused-ring (bicyclic) bond motifs is 1. The predicted molar refractivity (Wildman–Crippen MR) is 135 cm³/mol. The molecule has 2 aromatic heterocycles. The third-order valence-electron chi connectivity index (χ3n) is 6.58. The van der Waals surface area contributed by atoms with Gasteiger partial charge in [0, 0.05) is 43.6 Å². The molecule has 206 valence electrons. The van der Waals surface area contributed by atoms with Crippen LogP contribution < -0.4 is 21.2 Å². The summed E-state index contributed by atoms with van der Waals surface area (Å²) < 4.78 is 22.8. The van der Waals surface area contributed by atoms with Gasteiger partial charge >= 0.3 is 5.97 Å². The van der Waals surface area contributed by atoms with Crippen LogP contribution in [-0.4, -0.2) is 92.2 Å². The van der Waals surface area contributed by atoms with E-state index in [9.17, 15) is 19.5 Å². The van der Waals surface area contributed by atoms with E-state index < -0.39 is 35.7 Å². The zero-order chi connectivity index (χ0) is 27.8. The fraction of sp³-hybridized carbons (Fsp3) is 0.560. The molecule has 38 heavy (non-hydrogen) atoms. The molecule has 3 heterocycles. The summed E-state index contributed by atoms with van der Waals surface area (Å²) in [6, 6.07) is 1.07. The molecule has 13 heteroatoms. The van der Waals surface area contributed by atoms with E-state index in [2.05, 4.69) is 10.1 Å². The lowest BCUT2D eigenvalue weighted by molar-refractivity contribution is -0.873. The van der Waals surface area contributed by atoms with Gasteiger partial charge in [-0.3, -0.25) is 4.79 Å². The van der Waals surface area contributed by atoms with Crippen molar-refractivity contribution < 1.29 is 33.1 Å². The normalized spacial score (nSPS) is 19.7. The lowest BCUT2D eigenvalue weighted by atomic mass is 10.1. The molecule has 2 unspecified atom stereocenters. The van der Waals surface area contributed by atoms with Crippen LogP contribution in [0.4, 0.5) is 10.2 Å². The van der Waals surface area contributed by atoms with Crippen molar-refractivity contribution in [2.75, 3.05) is 59.3 Å². The molecule has 0 bridgehead atoms. The van der Waals surface area contributed by atoms with Crippen molar-refractivity contribution in [1.29, 1.82) is 0 Å². The third-order valence-corrected chi connectivity index (χ3v) is 6.58. The number of quaternary nitrogens is 1. The van der Waals surface area contributed by atoms with Gasteiger partial charge < -0.3 is 39.2 Å². The highest BCUT2D eigenvalue weighted by Gasteiger charge is 2.34. The second-order valence-electron chi connectivity index (χ2n) is 10.8. The molecule has 1 aliphatic heterocycles. The lowest BCUT2D eigenvalue weighted by Gasteiger charge is -2.29. The average molecular weight is 533 g/mol. The molecule has 0 aromatic carbocycles. The van der Waals surface area contributed by atoms with E-state index in [1.165, 1.54) is 13.3 Å². The highest BCUT2D eigenvalue weighted by molar-refractivity contribution is 5.95. The molecule has 1 aliphatic carbocycles. The highest BCUT2D eigenvalue weighted by Crippen LogP contribution is 2.37. The molecule has 0 amide bonds. The molecule has 1 saturated heterocycles. The molecule has 4 rings (SSSR count). The Morgan fingerprint density at radius 3 is 2.63 bits per heavy atom. The zero-order valence-corrected chi connectivity index (χ0v) is 22.0. The van der Waals surface area contributed by atoms with E-state index in [1.54, 1.807) is 9.47 Å². The number of carbonyl (C=O) groups excluding carboxylic acids is 2. The van der Waals surface area contributed by atoms with Crippen molar-refractivity contribution in [2.24, 2.45) is 16.8 Å². The van der Waals surface area contributed by atoms with Crippen LogP contribution in [0.25, 0.3) is 11.0 Å². The summed E-state index contributed by atoms with van der Waals surface area (Å²) in [6.07, 6.45) is 1.46. The molecule has 2 N–H and O–H groups in total. The number of hydrogen-bond donors (Lipinski definition) is 1. The largest absolute Gasteiger partial charge is 0.550 e. The predicted octanol–water partition coefficient (Wildman–Crippen LogP) is -0.361. The van der Waals surface area contributed by atoms with Crippen molar-refractivity contribution in [2.45, 2.75) is 31.4 Å². The molecule has 12 nitrogen and oxygen atoms in total. The first-order chi connectivity index (χ1) is 17.9. The Hall–Kier alpha value is -3.58. The molecule has 2 aromatic rings.